The number of aryl methyl sites for hydroxylation is 2. The van der Waals surface area contributed by atoms with Gasteiger partial charge in [-0.3, -0.25) is 4.68 Å². The van der Waals surface area contributed by atoms with E-state index >= 15 is 0 Å². The van der Waals surface area contributed by atoms with Gasteiger partial charge in [-0.2, -0.15) is 5.10 Å². The first kappa shape index (κ1) is 14.4. The van der Waals surface area contributed by atoms with Gasteiger partial charge in [0.15, 0.2) is 0 Å². The highest BCUT2D eigenvalue weighted by Gasteiger charge is 2.20. The highest BCUT2D eigenvalue weighted by Crippen LogP contribution is 2.32. The predicted octanol–water partition coefficient (Wildman–Crippen LogP) is 3.96. The number of rotatable bonds is 4. The van der Waals surface area contributed by atoms with E-state index in [2.05, 4.69) is 12.0 Å². The number of nitrogens with two attached hydrogens (primary N) is 1. The maximum Gasteiger partial charge on any atom is 0.0837 e. The maximum atomic E-state index is 6.33. The van der Waals surface area contributed by atoms with Gasteiger partial charge in [-0.05, 0) is 24.5 Å². The van der Waals surface area contributed by atoms with Crippen molar-refractivity contribution < 1.29 is 0 Å². The Morgan fingerprint density at radius 2 is 2.11 bits per heavy atom. The van der Waals surface area contributed by atoms with Gasteiger partial charge >= 0.3 is 0 Å². The quantitative estimate of drug-likeness (QED) is 0.928. The molecule has 19 heavy (non-hydrogen) atoms. The number of nitrogens with zero attached hydrogens (tertiary/aromatic N) is 2. The van der Waals surface area contributed by atoms with Crippen LogP contribution < -0.4 is 5.73 Å². The molecule has 0 aliphatic carbocycles. The third kappa shape index (κ3) is 2.78. The van der Waals surface area contributed by atoms with Crippen molar-refractivity contribution in [2.75, 3.05) is 0 Å². The number of aromatic nitrogens is 2. The molecule has 3 nitrogen and oxygen atoms in total. The number of halogens is 2. The third-order valence-electron chi connectivity index (χ3n) is 3.12. The van der Waals surface area contributed by atoms with E-state index in [0.717, 1.165) is 29.8 Å². The molecule has 2 rings (SSSR count). The average molecular weight is 298 g/mol. The summed E-state index contributed by atoms with van der Waals surface area (Å²) in [5.74, 6) is 0. The van der Waals surface area contributed by atoms with Gasteiger partial charge < -0.3 is 5.73 Å². The van der Waals surface area contributed by atoms with Crippen molar-refractivity contribution in [2.45, 2.75) is 32.9 Å². The molecule has 0 radical (unpaired) electrons. The molecule has 0 bridgehead atoms. The second-order valence-electron chi connectivity index (χ2n) is 4.56. The van der Waals surface area contributed by atoms with Crippen LogP contribution in [-0.4, -0.2) is 9.78 Å². The van der Waals surface area contributed by atoms with Crippen molar-refractivity contribution in [3.8, 4) is 0 Å². The highest BCUT2D eigenvalue weighted by molar-refractivity contribution is 6.32. The summed E-state index contributed by atoms with van der Waals surface area (Å²) in [6.45, 7) is 4.84. The molecule has 2 aromatic rings. The minimum atomic E-state index is -0.367. The first-order chi connectivity index (χ1) is 9.06. The summed E-state index contributed by atoms with van der Waals surface area (Å²) < 4.78 is 1.85. The second kappa shape index (κ2) is 5.95. The van der Waals surface area contributed by atoms with Gasteiger partial charge in [0.1, 0.15) is 0 Å². The monoisotopic (exact) mass is 297 g/mol. The zero-order valence-corrected chi connectivity index (χ0v) is 12.5. The number of benzene rings is 1. The Kier molecular flexibility index (Phi) is 4.50. The molecule has 0 aliphatic rings. The van der Waals surface area contributed by atoms with E-state index in [0.29, 0.717) is 10.0 Å². The lowest BCUT2D eigenvalue weighted by molar-refractivity contribution is 0.560. The highest BCUT2D eigenvalue weighted by atomic mass is 35.5. The normalized spacial score (nSPS) is 12.7. The van der Waals surface area contributed by atoms with Crippen molar-refractivity contribution in [2.24, 2.45) is 5.73 Å². The molecular weight excluding hydrogens is 281 g/mol. The predicted molar refractivity (Wildman–Crippen MR) is 79.7 cm³/mol. The lowest BCUT2D eigenvalue weighted by Gasteiger charge is -2.17. The van der Waals surface area contributed by atoms with E-state index < -0.39 is 0 Å². The van der Waals surface area contributed by atoms with Crippen LogP contribution in [0.5, 0.6) is 0 Å². The fourth-order valence-electron chi connectivity index (χ4n) is 2.13. The average Bonchev–Trinajstić information content (AvgIpc) is 2.74. The minimum Gasteiger partial charge on any atom is -0.319 e. The van der Waals surface area contributed by atoms with E-state index in [1.165, 1.54) is 0 Å². The molecule has 0 saturated heterocycles. The van der Waals surface area contributed by atoms with Crippen LogP contribution in [0.25, 0.3) is 0 Å². The molecule has 0 aliphatic heterocycles. The van der Waals surface area contributed by atoms with Crippen LogP contribution in [0.15, 0.2) is 24.4 Å². The smallest absolute Gasteiger partial charge is 0.0837 e. The fraction of sp³-hybridized carbons (Fsp3) is 0.357. The van der Waals surface area contributed by atoms with Gasteiger partial charge in [-0.1, -0.05) is 48.3 Å². The maximum absolute atomic E-state index is 6.33. The van der Waals surface area contributed by atoms with Crippen LogP contribution in [-0.2, 0) is 6.54 Å². The van der Waals surface area contributed by atoms with Gasteiger partial charge in [-0.25, -0.2) is 0 Å². The lowest BCUT2D eigenvalue weighted by atomic mass is 10.0. The van der Waals surface area contributed by atoms with Crippen molar-refractivity contribution in [1.82, 2.24) is 9.78 Å². The topological polar surface area (TPSA) is 43.8 Å². The molecule has 102 valence electrons. The molecule has 1 atom stereocenters. The Balaban J connectivity index is 2.46. The Labute approximate surface area is 123 Å². The van der Waals surface area contributed by atoms with Gasteiger partial charge in [0.05, 0.1) is 23.0 Å². The van der Waals surface area contributed by atoms with E-state index in [1.807, 2.05) is 29.8 Å². The fourth-order valence-corrected chi connectivity index (χ4v) is 2.63. The van der Waals surface area contributed by atoms with Gasteiger partial charge in [0.25, 0.3) is 0 Å². The van der Waals surface area contributed by atoms with Crippen molar-refractivity contribution >= 4 is 23.2 Å². The third-order valence-corrected chi connectivity index (χ3v) is 3.93. The van der Waals surface area contributed by atoms with Gasteiger partial charge in [0.2, 0.25) is 0 Å². The first-order valence-corrected chi connectivity index (χ1v) is 7.03. The SMILES string of the molecule is CCCn1ncc(Cl)c1C(N)c1cccc(C)c1Cl. The van der Waals surface area contributed by atoms with Crippen LogP contribution in [0.3, 0.4) is 0 Å². The molecule has 0 saturated carbocycles. The molecule has 5 heteroatoms. The van der Waals surface area contributed by atoms with Crippen LogP contribution >= 0.6 is 23.2 Å². The van der Waals surface area contributed by atoms with E-state index in [1.54, 1.807) is 6.20 Å². The molecule has 1 unspecified atom stereocenters. The molecular formula is C14H17Cl2N3. The Hall–Kier alpha value is -1.03. The molecule has 0 spiro atoms. The van der Waals surface area contributed by atoms with Crippen LogP contribution in [0.4, 0.5) is 0 Å². The summed E-state index contributed by atoms with van der Waals surface area (Å²) in [5.41, 5.74) is 9.03. The standard InChI is InChI=1S/C14H17Cl2N3/c1-3-7-19-14(11(15)8-18-19)13(17)10-6-4-5-9(2)12(10)16/h4-6,8,13H,3,7,17H2,1-2H3. The zero-order chi connectivity index (χ0) is 14.0. The molecule has 2 N–H and O–H groups in total. The molecule has 1 aromatic carbocycles. The summed E-state index contributed by atoms with van der Waals surface area (Å²) in [7, 11) is 0. The van der Waals surface area contributed by atoms with Crippen LogP contribution in [0.1, 0.15) is 36.2 Å². The summed E-state index contributed by atoms with van der Waals surface area (Å²) >= 11 is 12.5. The van der Waals surface area contributed by atoms with E-state index in [-0.39, 0.29) is 6.04 Å². The first-order valence-electron chi connectivity index (χ1n) is 6.28. The molecule has 0 amide bonds. The van der Waals surface area contributed by atoms with Crippen molar-refractivity contribution in [1.29, 1.82) is 0 Å². The number of hydrogen-bond donors (Lipinski definition) is 1. The molecule has 0 fully saturated rings. The summed E-state index contributed by atoms with van der Waals surface area (Å²) in [6, 6.07) is 5.47. The van der Waals surface area contributed by atoms with Crippen molar-refractivity contribution in [3.05, 3.63) is 51.3 Å². The zero-order valence-electron chi connectivity index (χ0n) is 11.0. The minimum absolute atomic E-state index is 0.367. The largest absolute Gasteiger partial charge is 0.319 e. The van der Waals surface area contributed by atoms with Crippen LogP contribution in [0.2, 0.25) is 10.0 Å². The van der Waals surface area contributed by atoms with Crippen LogP contribution in [0, 0.1) is 6.92 Å². The Morgan fingerprint density at radius 1 is 1.37 bits per heavy atom. The van der Waals surface area contributed by atoms with Crippen molar-refractivity contribution in [3.63, 3.8) is 0 Å². The summed E-state index contributed by atoms with van der Waals surface area (Å²) in [6.07, 6.45) is 2.61. The molecule has 1 heterocycles. The summed E-state index contributed by atoms with van der Waals surface area (Å²) in [4.78, 5) is 0. The van der Waals surface area contributed by atoms with Gasteiger partial charge in [0, 0.05) is 11.6 Å². The lowest BCUT2D eigenvalue weighted by Crippen LogP contribution is -2.18. The number of hydrogen-bond acceptors (Lipinski definition) is 2. The Bertz CT molecular complexity index is 578. The van der Waals surface area contributed by atoms with E-state index in [4.69, 9.17) is 28.9 Å². The summed E-state index contributed by atoms with van der Waals surface area (Å²) in [5, 5.41) is 5.54. The second-order valence-corrected chi connectivity index (χ2v) is 5.34. The van der Waals surface area contributed by atoms with E-state index in [9.17, 15) is 0 Å². The van der Waals surface area contributed by atoms with Gasteiger partial charge in [-0.15, -0.1) is 0 Å². The Morgan fingerprint density at radius 3 is 2.79 bits per heavy atom. The molecule has 1 aromatic heterocycles.